The molecule has 0 aliphatic carbocycles. The molecule has 7 nitrogen and oxygen atoms in total. The average molecular weight is 755 g/mol. The quantitative estimate of drug-likeness (QED) is 0.180. The van der Waals surface area contributed by atoms with E-state index in [-0.39, 0.29) is 0 Å². The summed E-state index contributed by atoms with van der Waals surface area (Å²) < 4.78 is 13.4. The smallest absolute Gasteiger partial charge is 0.161 e. The second-order valence-electron chi connectivity index (χ2n) is 15.4. The van der Waals surface area contributed by atoms with Crippen molar-refractivity contribution in [1.82, 2.24) is 23.5 Å². The maximum atomic E-state index is 9.83. The lowest BCUT2D eigenvalue weighted by atomic mass is 10.0. The predicted octanol–water partition coefficient (Wildman–Crippen LogP) is 13.0. The van der Waals surface area contributed by atoms with Crippen LogP contribution in [0, 0.1) is 18.3 Å². The van der Waals surface area contributed by atoms with E-state index < -0.39 is 0 Å². The van der Waals surface area contributed by atoms with Crippen LogP contribution in [0.25, 0.3) is 116 Å². The van der Waals surface area contributed by atoms with Gasteiger partial charge in [-0.05, 0) is 96.9 Å². The van der Waals surface area contributed by atoms with Crippen molar-refractivity contribution in [2.24, 2.45) is 0 Å². The lowest BCUT2D eigenvalue weighted by Crippen LogP contribution is -1.98. The molecule has 0 amide bonds. The van der Waals surface area contributed by atoms with Gasteiger partial charge < -0.3 is 8.98 Å². The van der Waals surface area contributed by atoms with Crippen molar-refractivity contribution in [3.63, 3.8) is 0 Å². The highest BCUT2D eigenvalue weighted by Gasteiger charge is 2.22. The fraction of sp³-hybridized carbons (Fsp3) is 0.0192. The number of benzene rings is 7. The number of pyridine rings is 2. The van der Waals surface area contributed by atoms with Gasteiger partial charge in [0.2, 0.25) is 0 Å². The lowest BCUT2D eigenvalue weighted by Gasteiger charge is -2.09. The summed E-state index contributed by atoms with van der Waals surface area (Å²) in [5.74, 6) is 0.785. The third-order valence-corrected chi connectivity index (χ3v) is 12.1. The highest BCUT2D eigenvalue weighted by molar-refractivity contribution is 6.18. The fourth-order valence-electron chi connectivity index (χ4n) is 9.42. The molecule has 0 atom stereocenters. The largest absolute Gasteiger partial charge is 0.452 e. The van der Waals surface area contributed by atoms with Gasteiger partial charge in [-0.1, -0.05) is 90.5 Å². The number of nitriles is 1. The van der Waals surface area contributed by atoms with E-state index in [1.807, 2.05) is 42.5 Å². The van der Waals surface area contributed by atoms with Gasteiger partial charge in [-0.15, -0.1) is 0 Å². The van der Waals surface area contributed by atoms with E-state index in [0.29, 0.717) is 11.1 Å². The molecule has 0 aliphatic rings. The van der Waals surface area contributed by atoms with Crippen LogP contribution >= 0.6 is 0 Å². The third kappa shape index (κ3) is 4.40. The summed E-state index contributed by atoms with van der Waals surface area (Å²) in [5, 5.41) is 16.5. The Labute approximate surface area is 335 Å². The van der Waals surface area contributed by atoms with Crippen molar-refractivity contribution in [3.05, 3.63) is 175 Å². The van der Waals surface area contributed by atoms with Gasteiger partial charge >= 0.3 is 0 Å². The van der Waals surface area contributed by atoms with Gasteiger partial charge in [0.1, 0.15) is 22.5 Å². The van der Waals surface area contributed by atoms with Crippen LogP contribution in [0.1, 0.15) is 11.1 Å². The first-order chi connectivity index (χ1) is 29.1. The minimum atomic E-state index is 0.570. The lowest BCUT2D eigenvalue weighted by molar-refractivity contribution is 0.671. The number of aryl methyl sites for hydroxylation is 1. The number of furan rings is 1. The minimum Gasteiger partial charge on any atom is -0.452 e. The normalized spacial score (nSPS) is 12.1. The van der Waals surface area contributed by atoms with Crippen molar-refractivity contribution >= 4 is 93.3 Å². The molecule has 0 fully saturated rings. The first-order valence-electron chi connectivity index (χ1n) is 19.7. The van der Waals surface area contributed by atoms with Crippen LogP contribution in [-0.4, -0.2) is 23.5 Å². The first-order valence-corrected chi connectivity index (χ1v) is 19.7. The Balaban J connectivity index is 1.03. The van der Waals surface area contributed by atoms with E-state index >= 15 is 0 Å². The van der Waals surface area contributed by atoms with E-state index in [1.54, 1.807) is 0 Å². The van der Waals surface area contributed by atoms with Gasteiger partial charge in [-0.25, -0.2) is 9.97 Å². The van der Waals surface area contributed by atoms with Crippen LogP contribution in [0.15, 0.2) is 168 Å². The number of rotatable bonds is 3. The Hall–Kier alpha value is -8.21. The first kappa shape index (κ1) is 31.9. The van der Waals surface area contributed by atoms with Crippen molar-refractivity contribution in [3.8, 4) is 28.7 Å². The highest BCUT2D eigenvalue weighted by atomic mass is 16.3. The van der Waals surface area contributed by atoms with E-state index in [1.165, 1.54) is 27.4 Å². The summed E-state index contributed by atoms with van der Waals surface area (Å²) in [5.41, 5.74) is 15.2. The van der Waals surface area contributed by atoms with Crippen molar-refractivity contribution < 1.29 is 4.42 Å². The van der Waals surface area contributed by atoms with E-state index in [0.717, 1.165) is 88.5 Å². The topological polar surface area (TPSA) is 77.0 Å². The summed E-state index contributed by atoms with van der Waals surface area (Å²) in [6, 6.07) is 59.8. The van der Waals surface area contributed by atoms with E-state index in [2.05, 4.69) is 148 Å². The molecule has 0 aliphatic heterocycles. The highest BCUT2D eigenvalue weighted by Crippen LogP contribution is 2.41. The molecule has 59 heavy (non-hydrogen) atoms. The molecule has 6 heterocycles. The Morgan fingerprint density at radius 3 is 1.86 bits per heavy atom. The molecule has 0 unspecified atom stereocenters. The number of aromatic nitrogens is 5. The summed E-state index contributed by atoms with van der Waals surface area (Å²) >= 11 is 0. The summed E-state index contributed by atoms with van der Waals surface area (Å²) in [4.78, 5) is 10.5. The molecule has 0 bridgehead atoms. The predicted molar refractivity (Wildman–Crippen MR) is 239 cm³/mol. The molecule has 274 valence electrons. The van der Waals surface area contributed by atoms with Crippen LogP contribution in [0.2, 0.25) is 0 Å². The molecular weight excluding hydrogens is 725 g/mol. The Bertz CT molecular complexity index is 3980. The molecule has 7 heteroatoms. The molecule has 0 N–H and O–H groups in total. The van der Waals surface area contributed by atoms with Gasteiger partial charge in [0, 0.05) is 38.0 Å². The minimum absolute atomic E-state index is 0.570. The summed E-state index contributed by atoms with van der Waals surface area (Å²) in [6.07, 6.45) is 0. The summed E-state index contributed by atoms with van der Waals surface area (Å²) in [6.45, 7) is 2.13. The zero-order valence-electron chi connectivity index (χ0n) is 31.7. The van der Waals surface area contributed by atoms with Gasteiger partial charge in [0.15, 0.2) is 11.2 Å². The fourth-order valence-corrected chi connectivity index (χ4v) is 9.42. The van der Waals surface area contributed by atoms with Crippen LogP contribution in [0.4, 0.5) is 0 Å². The second-order valence-corrected chi connectivity index (χ2v) is 15.4. The molecule has 0 saturated carbocycles. The number of hydrogen-bond donors (Lipinski definition) is 0. The molecule has 0 spiro atoms. The average Bonchev–Trinajstić information content (AvgIpc) is 4.04. The maximum absolute atomic E-state index is 9.83. The van der Waals surface area contributed by atoms with Crippen LogP contribution in [-0.2, 0) is 0 Å². The summed E-state index contributed by atoms with van der Waals surface area (Å²) in [7, 11) is 0. The van der Waals surface area contributed by atoms with Crippen molar-refractivity contribution in [2.75, 3.05) is 0 Å². The molecule has 13 aromatic rings. The van der Waals surface area contributed by atoms with Crippen LogP contribution in [0.5, 0.6) is 0 Å². The number of fused-ring (bicyclic) bond motifs is 16. The number of para-hydroxylation sites is 2. The monoisotopic (exact) mass is 754 g/mol. The zero-order valence-corrected chi connectivity index (χ0v) is 31.7. The third-order valence-electron chi connectivity index (χ3n) is 12.1. The molecule has 7 aromatic carbocycles. The van der Waals surface area contributed by atoms with Crippen LogP contribution in [0.3, 0.4) is 0 Å². The number of imidazole rings is 1. The van der Waals surface area contributed by atoms with Crippen LogP contribution < -0.4 is 0 Å². The number of hydrogen-bond acceptors (Lipinski definition) is 4. The maximum Gasteiger partial charge on any atom is 0.161 e. The van der Waals surface area contributed by atoms with Crippen molar-refractivity contribution in [1.29, 1.82) is 5.26 Å². The van der Waals surface area contributed by atoms with Gasteiger partial charge in [0.05, 0.1) is 44.7 Å². The van der Waals surface area contributed by atoms with E-state index in [9.17, 15) is 5.26 Å². The Kier molecular flexibility index (Phi) is 6.32. The molecule has 0 saturated heterocycles. The molecule has 6 aromatic heterocycles. The van der Waals surface area contributed by atoms with Gasteiger partial charge in [0.25, 0.3) is 0 Å². The van der Waals surface area contributed by atoms with E-state index in [4.69, 9.17) is 14.4 Å². The van der Waals surface area contributed by atoms with Crippen molar-refractivity contribution in [2.45, 2.75) is 6.92 Å². The number of nitrogens with zero attached hydrogens (tertiary/aromatic N) is 6. The van der Waals surface area contributed by atoms with Gasteiger partial charge in [-0.2, -0.15) is 5.26 Å². The van der Waals surface area contributed by atoms with Gasteiger partial charge in [-0.3, -0.25) is 8.97 Å². The second kappa shape index (κ2) is 11.7. The molecule has 13 rings (SSSR count). The Morgan fingerprint density at radius 1 is 0.525 bits per heavy atom. The molecular formula is C52H30N6O. The molecule has 0 radical (unpaired) electrons. The standard InChI is InChI=1S/C52H30N6O/c1-30-14-19-34(20-15-30)56-42-12-6-4-8-35(42)39-27-32(17-22-44(39)56)33-18-23-45-40(28-33)36-9-5-7-13-43(36)57(45)48-25-24-47-49(55-48)50-51(59-47)37-10-2-3-11-38(37)52-54-41-21-16-31(29-53)26-46(41)58(50)52/h2-28H,1H3. The zero-order chi connectivity index (χ0) is 38.9. The Morgan fingerprint density at radius 2 is 1.15 bits per heavy atom. The SMILES string of the molecule is Cc1ccc(-n2c3ccccc3c3cc(-c4ccc5c(c4)c4ccccc4n5-c4ccc5oc6c7ccccc7c7nc8ccc(C#N)cc8n7c6c5n4)ccc32)cc1.